The van der Waals surface area contributed by atoms with E-state index in [4.69, 9.17) is 0 Å². The van der Waals surface area contributed by atoms with Crippen molar-refractivity contribution in [2.24, 2.45) is 0 Å². The van der Waals surface area contributed by atoms with Crippen LogP contribution >= 0.6 is 0 Å². The first-order valence-corrected chi connectivity index (χ1v) is 14.0. The van der Waals surface area contributed by atoms with E-state index < -0.39 is 0 Å². The van der Waals surface area contributed by atoms with E-state index in [-0.39, 0.29) is 10.9 Å². The summed E-state index contributed by atoms with van der Waals surface area (Å²) < 4.78 is 4.38. The molecule has 0 amide bonds. The Morgan fingerprint density at radius 1 is 0.381 bits per heavy atom. The SMILES string of the molecule is O=c1c2ccccc2n2c3ccc(-c4ccc5c(c4)c4ccccc4n5-c4ccccc4)cc3c(=O)c3cccc1c32. The van der Waals surface area contributed by atoms with Gasteiger partial charge in [-0.1, -0.05) is 66.7 Å². The van der Waals surface area contributed by atoms with Crippen molar-refractivity contribution >= 4 is 59.9 Å². The standard InChI is InChI=1S/C38H22N2O2/c41-37-27-12-5-7-16-33(27)40-35-20-18-24(22-31(35)38(42)29-14-8-13-28(37)36(29)40)23-17-19-34-30(21-23)26-11-4-6-15-32(26)39(34)25-9-2-1-3-10-25/h1-22H. The zero-order valence-electron chi connectivity index (χ0n) is 22.4. The topological polar surface area (TPSA) is 43.5 Å². The van der Waals surface area contributed by atoms with Crippen LogP contribution < -0.4 is 10.9 Å². The van der Waals surface area contributed by atoms with E-state index >= 15 is 0 Å². The number of hydrogen-bond acceptors (Lipinski definition) is 2. The van der Waals surface area contributed by atoms with E-state index in [1.165, 1.54) is 5.39 Å². The Bertz CT molecular complexity index is 2670. The highest BCUT2D eigenvalue weighted by molar-refractivity contribution is 6.11. The third-order valence-electron chi connectivity index (χ3n) is 8.64. The van der Waals surface area contributed by atoms with E-state index in [9.17, 15) is 9.59 Å². The summed E-state index contributed by atoms with van der Waals surface area (Å²) in [5, 5.41) is 4.74. The lowest BCUT2D eigenvalue weighted by Crippen LogP contribution is -2.14. The molecule has 0 aliphatic heterocycles. The molecule has 0 fully saturated rings. The first-order valence-electron chi connectivity index (χ1n) is 14.0. The average Bonchev–Trinajstić information content (AvgIpc) is 3.38. The van der Waals surface area contributed by atoms with Gasteiger partial charge in [0.05, 0.1) is 27.6 Å². The average molecular weight is 539 g/mol. The fourth-order valence-corrected chi connectivity index (χ4v) is 6.77. The third kappa shape index (κ3) is 3.01. The number of benzene rings is 6. The summed E-state index contributed by atoms with van der Waals surface area (Å²) >= 11 is 0. The molecule has 0 spiro atoms. The molecule has 42 heavy (non-hydrogen) atoms. The molecule has 9 aromatic rings. The molecule has 0 N–H and O–H groups in total. The minimum Gasteiger partial charge on any atom is -0.309 e. The maximum atomic E-state index is 14.0. The number of pyridine rings is 2. The second-order valence-electron chi connectivity index (χ2n) is 10.9. The monoisotopic (exact) mass is 538 g/mol. The molecule has 3 heterocycles. The smallest absolute Gasteiger partial charge is 0.197 e. The van der Waals surface area contributed by atoms with Gasteiger partial charge in [-0.25, -0.2) is 0 Å². The van der Waals surface area contributed by atoms with E-state index in [0.29, 0.717) is 27.1 Å². The van der Waals surface area contributed by atoms with Crippen molar-refractivity contribution in [3.63, 3.8) is 0 Å². The van der Waals surface area contributed by atoms with Gasteiger partial charge in [0, 0.05) is 38.0 Å². The zero-order chi connectivity index (χ0) is 27.9. The lowest BCUT2D eigenvalue weighted by molar-refractivity contribution is 1.18. The van der Waals surface area contributed by atoms with Gasteiger partial charge in [-0.3, -0.25) is 9.59 Å². The number of rotatable bonds is 2. The van der Waals surface area contributed by atoms with Crippen molar-refractivity contribution in [2.75, 3.05) is 0 Å². The van der Waals surface area contributed by atoms with Gasteiger partial charge in [-0.15, -0.1) is 0 Å². The number of fused-ring (bicyclic) bond motifs is 7. The van der Waals surface area contributed by atoms with E-state index in [2.05, 4.69) is 81.8 Å². The van der Waals surface area contributed by atoms with Gasteiger partial charge in [0.25, 0.3) is 0 Å². The van der Waals surface area contributed by atoms with Crippen LogP contribution in [0.3, 0.4) is 0 Å². The molecule has 0 saturated carbocycles. The molecule has 6 aromatic carbocycles. The van der Waals surface area contributed by atoms with Crippen LogP contribution in [-0.2, 0) is 0 Å². The molecule has 0 bridgehead atoms. The third-order valence-corrected chi connectivity index (χ3v) is 8.64. The lowest BCUT2D eigenvalue weighted by Gasteiger charge is -2.15. The molecule has 0 saturated heterocycles. The number of para-hydroxylation sites is 4. The predicted molar refractivity (Wildman–Crippen MR) is 173 cm³/mol. The van der Waals surface area contributed by atoms with Crippen LogP contribution in [0.4, 0.5) is 0 Å². The summed E-state index contributed by atoms with van der Waals surface area (Å²) in [5.41, 5.74) is 7.60. The fourth-order valence-electron chi connectivity index (χ4n) is 6.77. The number of hydrogen-bond donors (Lipinski definition) is 0. The van der Waals surface area contributed by atoms with Crippen molar-refractivity contribution in [2.45, 2.75) is 0 Å². The Kier molecular flexibility index (Phi) is 4.59. The quantitative estimate of drug-likeness (QED) is 0.164. The lowest BCUT2D eigenvalue weighted by atomic mass is 9.98. The molecule has 4 nitrogen and oxygen atoms in total. The van der Waals surface area contributed by atoms with Gasteiger partial charge in [0.15, 0.2) is 10.9 Å². The molecule has 0 aliphatic carbocycles. The largest absolute Gasteiger partial charge is 0.309 e. The molecule has 0 unspecified atom stereocenters. The number of nitrogens with zero attached hydrogens (tertiary/aromatic N) is 2. The minimum absolute atomic E-state index is 0.0467. The molecule has 3 aromatic heterocycles. The Balaban J connectivity index is 1.34. The molecule has 4 heteroatoms. The number of aromatic nitrogens is 2. The van der Waals surface area contributed by atoms with Gasteiger partial charge in [0.2, 0.25) is 0 Å². The van der Waals surface area contributed by atoms with Crippen LogP contribution in [0.1, 0.15) is 0 Å². The van der Waals surface area contributed by atoms with Crippen LogP contribution in [0.15, 0.2) is 143 Å². The highest BCUT2D eigenvalue weighted by atomic mass is 16.1. The van der Waals surface area contributed by atoms with Crippen LogP contribution in [-0.4, -0.2) is 8.97 Å². The van der Waals surface area contributed by atoms with Gasteiger partial charge in [-0.05, 0) is 77.9 Å². The molecule has 0 radical (unpaired) electrons. The first-order chi connectivity index (χ1) is 20.7. The van der Waals surface area contributed by atoms with Crippen molar-refractivity contribution in [1.82, 2.24) is 8.97 Å². The first kappa shape index (κ1) is 23.0. The fraction of sp³-hybridized carbons (Fsp3) is 0. The van der Waals surface area contributed by atoms with Crippen molar-refractivity contribution in [1.29, 1.82) is 0 Å². The predicted octanol–water partition coefficient (Wildman–Crippen LogP) is 8.32. The molecule has 0 aliphatic rings. The van der Waals surface area contributed by atoms with Crippen LogP contribution in [0, 0.1) is 0 Å². The second-order valence-corrected chi connectivity index (χ2v) is 10.9. The van der Waals surface area contributed by atoms with Gasteiger partial charge >= 0.3 is 0 Å². The second kappa shape index (κ2) is 8.38. The van der Waals surface area contributed by atoms with Crippen molar-refractivity contribution in [3.05, 3.63) is 154 Å². The maximum Gasteiger partial charge on any atom is 0.197 e. The summed E-state index contributed by atoms with van der Waals surface area (Å²) in [6.07, 6.45) is 0. The van der Waals surface area contributed by atoms with Crippen LogP contribution in [0.2, 0.25) is 0 Å². The molecular weight excluding hydrogens is 516 g/mol. The summed E-state index contributed by atoms with van der Waals surface area (Å²) in [6.45, 7) is 0. The van der Waals surface area contributed by atoms with Gasteiger partial charge < -0.3 is 8.97 Å². The van der Waals surface area contributed by atoms with Crippen molar-refractivity contribution in [3.8, 4) is 16.8 Å². The van der Waals surface area contributed by atoms with Crippen LogP contribution in [0.5, 0.6) is 0 Å². The summed E-state index contributed by atoms with van der Waals surface area (Å²) in [6, 6.07) is 44.6. The summed E-state index contributed by atoms with van der Waals surface area (Å²) in [4.78, 5) is 27.3. The highest BCUT2D eigenvalue weighted by Gasteiger charge is 2.18. The minimum atomic E-state index is -0.0612. The maximum absolute atomic E-state index is 14.0. The summed E-state index contributed by atoms with van der Waals surface area (Å²) in [7, 11) is 0. The Morgan fingerprint density at radius 3 is 1.67 bits per heavy atom. The van der Waals surface area contributed by atoms with Crippen LogP contribution in [0.25, 0.3) is 76.7 Å². The van der Waals surface area contributed by atoms with E-state index in [1.807, 2.05) is 54.6 Å². The van der Waals surface area contributed by atoms with Crippen molar-refractivity contribution < 1.29 is 0 Å². The Labute approximate surface area is 239 Å². The Morgan fingerprint density at radius 2 is 0.905 bits per heavy atom. The Hall–Kier alpha value is -5.74. The van der Waals surface area contributed by atoms with Gasteiger partial charge in [-0.2, -0.15) is 0 Å². The molecular formula is C38H22N2O2. The van der Waals surface area contributed by atoms with E-state index in [1.54, 1.807) is 6.07 Å². The normalized spacial score (nSPS) is 12.0. The van der Waals surface area contributed by atoms with Gasteiger partial charge in [0.1, 0.15) is 0 Å². The molecule has 0 atom stereocenters. The molecule has 196 valence electrons. The highest BCUT2D eigenvalue weighted by Crippen LogP contribution is 2.36. The molecule has 9 rings (SSSR count). The zero-order valence-corrected chi connectivity index (χ0v) is 22.4. The summed E-state index contributed by atoms with van der Waals surface area (Å²) in [5.74, 6) is 0. The van der Waals surface area contributed by atoms with E-state index in [0.717, 1.165) is 44.3 Å².